The van der Waals surface area contributed by atoms with E-state index in [9.17, 15) is 9.18 Å². The number of aromatic nitrogens is 1. The van der Waals surface area contributed by atoms with Crippen LogP contribution >= 0.6 is 0 Å². The summed E-state index contributed by atoms with van der Waals surface area (Å²) in [5, 5.41) is 2.98. The molecule has 1 heterocycles. The van der Waals surface area contributed by atoms with E-state index in [-0.39, 0.29) is 5.75 Å². The molecule has 7 heteroatoms. The van der Waals surface area contributed by atoms with Crippen molar-refractivity contribution >= 4 is 28.2 Å². The predicted octanol–water partition coefficient (Wildman–Crippen LogP) is 2.59. The maximum absolute atomic E-state index is 13.7. The Morgan fingerprint density at radius 2 is 2.14 bits per heavy atom. The van der Waals surface area contributed by atoms with E-state index in [2.05, 4.69) is 10.3 Å². The molecule has 0 bridgehead atoms. The second-order valence-electron chi connectivity index (χ2n) is 4.42. The van der Waals surface area contributed by atoms with Crippen LogP contribution in [-0.2, 0) is 0 Å². The SMILES string of the molecule is COc1ccc(Nc2cc3[nH]c(=O)oc3cc2N)cc1F. The molecular weight excluding hydrogens is 277 g/mol. The molecule has 1 aromatic heterocycles. The number of fused-ring (bicyclic) bond motifs is 1. The number of rotatable bonds is 3. The largest absolute Gasteiger partial charge is 0.494 e. The van der Waals surface area contributed by atoms with Crippen molar-refractivity contribution < 1.29 is 13.5 Å². The van der Waals surface area contributed by atoms with Crippen molar-refractivity contribution in [1.82, 2.24) is 4.98 Å². The summed E-state index contributed by atoms with van der Waals surface area (Å²) in [4.78, 5) is 13.7. The quantitative estimate of drug-likeness (QED) is 0.644. The predicted molar refractivity (Wildman–Crippen MR) is 77.5 cm³/mol. The lowest BCUT2D eigenvalue weighted by Crippen LogP contribution is -1.97. The summed E-state index contributed by atoms with van der Waals surface area (Å²) in [6.07, 6.45) is 0. The number of oxazole rings is 1. The molecule has 4 N–H and O–H groups in total. The van der Waals surface area contributed by atoms with E-state index < -0.39 is 11.6 Å². The van der Waals surface area contributed by atoms with Gasteiger partial charge >= 0.3 is 5.76 Å². The number of nitrogens with two attached hydrogens (primary N) is 1. The molecule has 6 nitrogen and oxygen atoms in total. The first-order chi connectivity index (χ1) is 10.1. The van der Waals surface area contributed by atoms with E-state index in [0.717, 1.165) is 0 Å². The molecule has 0 amide bonds. The number of halogens is 1. The second-order valence-corrected chi connectivity index (χ2v) is 4.42. The first-order valence-electron chi connectivity index (χ1n) is 6.10. The lowest BCUT2D eigenvalue weighted by atomic mass is 10.2. The molecule has 0 unspecified atom stereocenters. The van der Waals surface area contributed by atoms with Crippen molar-refractivity contribution in [2.24, 2.45) is 0 Å². The number of H-pyrrole nitrogens is 1. The molecule has 0 aliphatic carbocycles. The van der Waals surface area contributed by atoms with Crippen molar-refractivity contribution in [1.29, 1.82) is 0 Å². The molecule has 3 rings (SSSR count). The number of hydrogen-bond donors (Lipinski definition) is 3. The standard InChI is InChI=1S/C14H12FN3O3/c1-20-12-3-2-7(4-8(12)15)17-10-6-11-13(5-9(10)16)21-14(19)18-11/h2-6,17H,16H2,1H3,(H,18,19). The normalized spacial score (nSPS) is 10.8. The van der Waals surface area contributed by atoms with Crippen LogP contribution < -0.4 is 21.5 Å². The van der Waals surface area contributed by atoms with E-state index >= 15 is 0 Å². The fourth-order valence-electron chi connectivity index (χ4n) is 2.02. The molecule has 0 saturated carbocycles. The molecule has 0 spiro atoms. The van der Waals surface area contributed by atoms with E-state index in [1.54, 1.807) is 12.1 Å². The summed E-state index contributed by atoms with van der Waals surface area (Å²) in [6, 6.07) is 7.60. The Morgan fingerprint density at radius 3 is 2.86 bits per heavy atom. The van der Waals surface area contributed by atoms with Crippen LogP contribution in [0.2, 0.25) is 0 Å². The molecule has 3 aromatic rings. The Morgan fingerprint density at radius 1 is 1.33 bits per heavy atom. The Balaban J connectivity index is 1.99. The Labute approximate surface area is 118 Å². The van der Waals surface area contributed by atoms with Gasteiger partial charge in [-0.05, 0) is 18.2 Å². The number of methoxy groups -OCH3 is 1. The third kappa shape index (κ3) is 2.40. The van der Waals surface area contributed by atoms with Crippen LogP contribution in [0, 0.1) is 5.82 Å². The monoisotopic (exact) mass is 289 g/mol. The highest BCUT2D eigenvalue weighted by molar-refractivity contribution is 5.87. The summed E-state index contributed by atoms with van der Waals surface area (Å²) in [6.45, 7) is 0. The van der Waals surface area contributed by atoms with Gasteiger partial charge in [-0.3, -0.25) is 4.98 Å². The van der Waals surface area contributed by atoms with Gasteiger partial charge in [-0.25, -0.2) is 9.18 Å². The van der Waals surface area contributed by atoms with Crippen molar-refractivity contribution in [2.45, 2.75) is 0 Å². The zero-order valence-electron chi connectivity index (χ0n) is 11.1. The first-order valence-corrected chi connectivity index (χ1v) is 6.10. The minimum Gasteiger partial charge on any atom is -0.494 e. The molecule has 0 fully saturated rings. The van der Waals surface area contributed by atoms with Gasteiger partial charge in [0.15, 0.2) is 17.1 Å². The number of ether oxygens (including phenoxy) is 1. The lowest BCUT2D eigenvalue weighted by Gasteiger charge is -2.10. The van der Waals surface area contributed by atoms with Gasteiger partial charge in [-0.1, -0.05) is 0 Å². The maximum atomic E-state index is 13.7. The smallest absolute Gasteiger partial charge is 0.417 e. The van der Waals surface area contributed by atoms with Crippen molar-refractivity contribution in [3.8, 4) is 5.75 Å². The van der Waals surface area contributed by atoms with Crippen LogP contribution in [-0.4, -0.2) is 12.1 Å². The number of benzene rings is 2. The summed E-state index contributed by atoms with van der Waals surface area (Å²) < 4.78 is 23.4. The van der Waals surface area contributed by atoms with Crippen LogP contribution in [0.25, 0.3) is 11.1 Å². The molecule has 0 aliphatic heterocycles. The average molecular weight is 289 g/mol. The molecule has 0 aliphatic rings. The van der Waals surface area contributed by atoms with Gasteiger partial charge in [0.25, 0.3) is 0 Å². The molecule has 2 aromatic carbocycles. The van der Waals surface area contributed by atoms with Crippen molar-refractivity contribution in [3.05, 3.63) is 46.7 Å². The lowest BCUT2D eigenvalue weighted by molar-refractivity contribution is 0.386. The number of hydrogen-bond acceptors (Lipinski definition) is 5. The number of nitrogens with one attached hydrogen (secondary N) is 2. The Bertz CT molecular complexity index is 870. The molecular formula is C14H12FN3O3. The third-order valence-electron chi connectivity index (χ3n) is 3.02. The van der Waals surface area contributed by atoms with Crippen LogP contribution in [0.3, 0.4) is 0 Å². The van der Waals surface area contributed by atoms with Gasteiger partial charge in [0.05, 0.1) is 24.0 Å². The van der Waals surface area contributed by atoms with E-state index in [1.165, 1.54) is 25.3 Å². The van der Waals surface area contributed by atoms with Gasteiger partial charge in [-0.2, -0.15) is 0 Å². The van der Waals surface area contributed by atoms with Gasteiger partial charge < -0.3 is 20.2 Å². The fourth-order valence-corrected chi connectivity index (χ4v) is 2.02. The topological polar surface area (TPSA) is 93.3 Å². The summed E-state index contributed by atoms with van der Waals surface area (Å²) in [7, 11) is 1.40. The number of anilines is 3. The zero-order chi connectivity index (χ0) is 15.0. The van der Waals surface area contributed by atoms with Crippen molar-refractivity contribution in [3.63, 3.8) is 0 Å². The van der Waals surface area contributed by atoms with Crippen LogP contribution in [0.15, 0.2) is 39.5 Å². The summed E-state index contributed by atoms with van der Waals surface area (Å²) >= 11 is 0. The molecule has 108 valence electrons. The van der Waals surface area contributed by atoms with Gasteiger partial charge in [0.2, 0.25) is 0 Å². The summed E-state index contributed by atoms with van der Waals surface area (Å²) in [5.41, 5.74) is 8.16. The minimum atomic E-state index is -0.558. The average Bonchev–Trinajstić information content (AvgIpc) is 2.78. The number of aromatic amines is 1. The van der Waals surface area contributed by atoms with Gasteiger partial charge in [-0.15, -0.1) is 0 Å². The Hall–Kier alpha value is -2.96. The highest BCUT2D eigenvalue weighted by atomic mass is 19.1. The van der Waals surface area contributed by atoms with Gasteiger partial charge in [0.1, 0.15) is 0 Å². The highest BCUT2D eigenvalue weighted by Gasteiger charge is 2.09. The molecule has 21 heavy (non-hydrogen) atoms. The van der Waals surface area contributed by atoms with Crippen molar-refractivity contribution in [2.75, 3.05) is 18.2 Å². The third-order valence-corrected chi connectivity index (χ3v) is 3.02. The van der Waals surface area contributed by atoms with E-state index in [1.807, 2.05) is 0 Å². The fraction of sp³-hybridized carbons (Fsp3) is 0.0714. The molecule has 0 saturated heterocycles. The van der Waals surface area contributed by atoms with E-state index in [0.29, 0.717) is 28.2 Å². The van der Waals surface area contributed by atoms with Crippen LogP contribution in [0.1, 0.15) is 0 Å². The van der Waals surface area contributed by atoms with E-state index in [4.69, 9.17) is 14.9 Å². The number of nitrogen functional groups attached to an aromatic ring is 1. The van der Waals surface area contributed by atoms with Crippen LogP contribution in [0.4, 0.5) is 21.5 Å². The maximum Gasteiger partial charge on any atom is 0.417 e. The first kappa shape index (κ1) is 13.0. The second kappa shape index (κ2) is 4.86. The Kier molecular flexibility index (Phi) is 3.02. The minimum absolute atomic E-state index is 0.156. The van der Waals surface area contributed by atoms with Gasteiger partial charge in [0, 0.05) is 17.8 Å². The molecule has 0 radical (unpaired) electrons. The zero-order valence-corrected chi connectivity index (χ0v) is 11.1. The highest BCUT2D eigenvalue weighted by Crippen LogP contribution is 2.29. The summed E-state index contributed by atoms with van der Waals surface area (Å²) in [5.74, 6) is -0.890. The van der Waals surface area contributed by atoms with Crippen LogP contribution in [0.5, 0.6) is 5.75 Å². The molecule has 0 atom stereocenters.